The minimum Gasteiger partial charge on any atom is -0.329 e. The summed E-state index contributed by atoms with van der Waals surface area (Å²) in [6, 6.07) is 6.62. The molecule has 0 unspecified atom stereocenters. The fourth-order valence-corrected chi connectivity index (χ4v) is 2.21. The maximum atomic E-state index is 6.28. The van der Waals surface area contributed by atoms with E-state index in [9.17, 15) is 0 Å². The number of hydrogen-bond acceptors (Lipinski definition) is 2. The van der Waals surface area contributed by atoms with Crippen LogP contribution in [-0.2, 0) is 13.1 Å². The molecule has 0 atom stereocenters. The first kappa shape index (κ1) is 14.1. The van der Waals surface area contributed by atoms with Crippen LogP contribution in [0, 0.1) is 6.92 Å². The molecule has 102 valence electrons. The van der Waals surface area contributed by atoms with Crippen molar-refractivity contribution in [1.82, 2.24) is 14.9 Å². The van der Waals surface area contributed by atoms with E-state index in [0.717, 1.165) is 29.5 Å². The maximum Gasteiger partial charge on any atom is 0.122 e. The number of nitrogens with one attached hydrogen (secondary N) is 1. The third-order valence-electron chi connectivity index (χ3n) is 3.02. The number of imidazole rings is 1. The molecule has 0 aliphatic rings. The van der Waals surface area contributed by atoms with Crippen molar-refractivity contribution in [2.45, 2.75) is 39.9 Å². The number of nitrogens with zero attached hydrogens (tertiary/aromatic N) is 2. The van der Waals surface area contributed by atoms with E-state index >= 15 is 0 Å². The standard InChI is InChI=1S/C15H20ClN3/c1-11(2)18-9-15-17-6-7-19(15)10-13-5-4-12(3)8-14(13)16/h4-8,11,18H,9-10H2,1-3H3. The van der Waals surface area contributed by atoms with Gasteiger partial charge in [-0.1, -0.05) is 37.6 Å². The van der Waals surface area contributed by atoms with Crippen LogP contribution in [0.2, 0.25) is 5.02 Å². The summed E-state index contributed by atoms with van der Waals surface area (Å²) < 4.78 is 2.13. The van der Waals surface area contributed by atoms with Crippen LogP contribution < -0.4 is 5.32 Å². The van der Waals surface area contributed by atoms with Crippen LogP contribution in [0.5, 0.6) is 0 Å². The van der Waals surface area contributed by atoms with Gasteiger partial charge in [0.15, 0.2) is 0 Å². The van der Waals surface area contributed by atoms with Gasteiger partial charge in [0.1, 0.15) is 5.82 Å². The highest BCUT2D eigenvalue weighted by atomic mass is 35.5. The lowest BCUT2D eigenvalue weighted by Gasteiger charge is -2.12. The fourth-order valence-electron chi connectivity index (χ4n) is 1.91. The number of aryl methyl sites for hydroxylation is 1. The number of benzene rings is 1. The van der Waals surface area contributed by atoms with Gasteiger partial charge in [0.25, 0.3) is 0 Å². The molecule has 3 nitrogen and oxygen atoms in total. The Morgan fingerprint density at radius 2 is 2.16 bits per heavy atom. The summed E-state index contributed by atoms with van der Waals surface area (Å²) >= 11 is 6.28. The smallest absolute Gasteiger partial charge is 0.122 e. The highest BCUT2D eigenvalue weighted by Crippen LogP contribution is 2.19. The Labute approximate surface area is 119 Å². The molecule has 1 aromatic carbocycles. The lowest BCUT2D eigenvalue weighted by Crippen LogP contribution is -2.24. The van der Waals surface area contributed by atoms with Crippen molar-refractivity contribution in [2.75, 3.05) is 0 Å². The molecule has 0 spiro atoms. The first-order valence-corrected chi connectivity index (χ1v) is 6.92. The molecule has 19 heavy (non-hydrogen) atoms. The summed E-state index contributed by atoms with van der Waals surface area (Å²) in [6.45, 7) is 7.83. The predicted molar refractivity (Wildman–Crippen MR) is 79.5 cm³/mol. The van der Waals surface area contributed by atoms with Gasteiger partial charge in [-0.3, -0.25) is 0 Å². The molecular weight excluding hydrogens is 258 g/mol. The van der Waals surface area contributed by atoms with Crippen LogP contribution in [-0.4, -0.2) is 15.6 Å². The molecule has 0 amide bonds. The van der Waals surface area contributed by atoms with E-state index < -0.39 is 0 Å². The first-order chi connectivity index (χ1) is 9.06. The SMILES string of the molecule is Cc1ccc(Cn2ccnc2CNC(C)C)c(Cl)c1. The number of aromatic nitrogens is 2. The van der Waals surface area contributed by atoms with Crippen LogP contribution in [0.25, 0.3) is 0 Å². The minimum absolute atomic E-state index is 0.452. The third kappa shape index (κ3) is 3.82. The zero-order chi connectivity index (χ0) is 13.8. The van der Waals surface area contributed by atoms with Crippen LogP contribution in [0.4, 0.5) is 0 Å². The topological polar surface area (TPSA) is 29.9 Å². The summed E-state index contributed by atoms with van der Waals surface area (Å²) in [7, 11) is 0. The van der Waals surface area contributed by atoms with Crippen molar-refractivity contribution < 1.29 is 0 Å². The summed E-state index contributed by atoms with van der Waals surface area (Å²) in [5, 5.41) is 4.20. The molecule has 0 aliphatic heterocycles. The average molecular weight is 278 g/mol. The molecule has 1 N–H and O–H groups in total. The second-order valence-electron chi connectivity index (χ2n) is 5.10. The molecule has 0 aliphatic carbocycles. The molecule has 0 radical (unpaired) electrons. The predicted octanol–water partition coefficient (Wildman–Crippen LogP) is 3.39. The molecule has 0 bridgehead atoms. The van der Waals surface area contributed by atoms with Gasteiger partial charge < -0.3 is 9.88 Å². The Morgan fingerprint density at radius 3 is 2.84 bits per heavy atom. The van der Waals surface area contributed by atoms with Crippen molar-refractivity contribution in [1.29, 1.82) is 0 Å². The monoisotopic (exact) mass is 277 g/mol. The molecular formula is C15H20ClN3. The Kier molecular flexibility index (Phi) is 4.61. The Balaban J connectivity index is 2.12. The van der Waals surface area contributed by atoms with Gasteiger partial charge in [0.05, 0.1) is 13.1 Å². The number of hydrogen-bond donors (Lipinski definition) is 1. The van der Waals surface area contributed by atoms with Crippen molar-refractivity contribution >= 4 is 11.6 Å². The van der Waals surface area contributed by atoms with Crippen LogP contribution >= 0.6 is 11.6 Å². The molecule has 4 heteroatoms. The van der Waals surface area contributed by atoms with Crippen LogP contribution in [0.1, 0.15) is 30.8 Å². The second kappa shape index (κ2) is 6.22. The minimum atomic E-state index is 0.452. The van der Waals surface area contributed by atoms with Crippen LogP contribution in [0.15, 0.2) is 30.6 Å². The Morgan fingerprint density at radius 1 is 1.37 bits per heavy atom. The van der Waals surface area contributed by atoms with Crippen molar-refractivity contribution in [3.63, 3.8) is 0 Å². The Bertz CT molecular complexity index is 546. The highest BCUT2D eigenvalue weighted by Gasteiger charge is 2.06. The van der Waals surface area contributed by atoms with E-state index in [2.05, 4.69) is 40.8 Å². The lowest BCUT2D eigenvalue weighted by atomic mass is 10.1. The van der Waals surface area contributed by atoms with Gasteiger partial charge in [-0.05, 0) is 24.1 Å². The van der Waals surface area contributed by atoms with Gasteiger partial charge in [0, 0.05) is 23.5 Å². The highest BCUT2D eigenvalue weighted by molar-refractivity contribution is 6.31. The molecule has 1 aromatic heterocycles. The fraction of sp³-hybridized carbons (Fsp3) is 0.400. The molecule has 2 rings (SSSR count). The second-order valence-corrected chi connectivity index (χ2v) is 5.51. The van der Waals surface area contributed by atoms with E-state index in [1.165, 1.54) is 5.56 Å². The van der Waals surface area contributed by atoms with Crippen LogP contribution in [0.3, 0.4) is 0 Å². The van der Waals surface area contributed by atoms with Gasteiger partial charge in [-0.15, -0.1) is 0 Å². The maximum absolute atomic E-state index is 6.28. The van der Waals surface area contributed by atoms with E-state index in [1.807, 2.05) is 25.4 Å². The molecule has 2 aromatic rings. The molecule has 0 fully saturated rings. The lowest BCUT2D eigenvalue weighted by molar-refractivity contribution is 0.554. The van der Waals surface area contributed by atoms with E-state index in [1.54, 1.807) is 0 Å². The Hall–Kier alpha value is -1.32. The summed E-state index contributed by atoms with van der Waals surface area (Å²) in [4.78, 5) is 4.39. The van der Waals surface area contributed by atoms with Crippen molar-refractivity contribution in [3.8, 4) is 0 Å². The number of halogens is 1. The van der Waals surface area contributed by atoms with E-state index in [4.69, 9.17) is 11.6 Å². The summed E-state index contributed by atoms with van der Waals surface area (Å²) in [5.41, 5.74) is 2.30. The zero-order valence-electron chi connectivity index (χ0n) is 11.7. The zero-order valence-corrected chi connectivity index (χ0v) is 12.4. The quantitative estimate of drug-likeness (QED) is 0.908. The molecule has 1 heterocycles. The molecule has 0 saturated heterocycles. The summed E-state index contributed by atoms with van der Waals surface area (Å²) in [6.07, 6.45) is 3.83. The van der Waals surface area contributed by atoms with Gasteiger partial charge in [0.2, 0.25) is 0 Å². The van der Waals surface area contributed by atoms with Crippen molar-refractivity contribution in [2.24, 2.45) is 0 Å². The van der Waals surface area contributed by atoms with Gasteiger partial charge in [-0.2, -0.15) is 0 Å². The van der Waals surface area contributed by atoms with Gasteiger partial charge in [-0.25, -0.2) is 4.98 Å². The molecule has 0 saturated carbocycles. The van der Waals surface area contributed by atoms with Crippen molar-refractivity contribution in [3.05, 3.63) is 52.6 Å². The average Bonchev–Trinajstić information content (AvgIpc) is 2.77. The van der Waals surface area contributed by atoms with Gasteiger partial charge >= 0.3 is 0 Å². The largest absolute Gasteiger partial charge is 0.329 e. The van der Waals surface area contributed by atoms with E-state index in [0.29, 0.717) is 6.04 Å². The van der Waals surface area contributed by atoms with E-state index in [-0.39, 0.29) is 0 Å². The third-order valence-corrected chi connectivity index (χ3v) is 3.37. The number of rotatable bonds is 5. The normalized spacial score (nSPS) is 11.2. The summed E-state index contributed by atoms with van der Waals surface area (Å²) in [5.74, 6) is 1.03. The first-order valence-electron chi connectivity index (χ1n) is 6.54.